The van der Waals surface area contributed by atoms with Crippen molar-refractivity contribution in [1.82, 2.24) is 0 Å². The highest BCUT2D eigenvalue weighted by molar-refractivity contribution is 5.73. The highest BCUT2D eigenvalue weighted by Gasteiger charge is 2.26. The fraction of sp³-hybridized carbons (Fsp3) is 0.556. The summed E-state index contributed by atoms with van der Waals surface area (Å²) < 4.78 is 4.83. The smallest absolute Gasteiger partial charge is 0.309 e. The van der Waals surface area contributed by atoms with Gasteiger partial charge in [0.1, 0.15) is 0 Å². The molecule has 0 N–H and O–H groups in total. The molecule has 1 rings (SSSR count). The minimum absolute atomic E-state index is 0.0981. The average molecular weight is 151 g/mol. The Morgan fingerprint density at radius 1 is 1.64 bits per heavy atom. The molecule has 2 heteroatoms. The fourth-order valence-electron chi connectivity index (χ4n) is 0.920. The Morgan fingerprint density at radius 2 is 2.36 bits per heavy atom. The van der Waals surface area contributed by atoms with Crippen molar-refractivity contribution in [2.45, 2.75) is 19.3 Å². The van der Waals surface area contributed by atoms with Gasteiger partial charge in [-0.25, -0.2) is 0 Å². The van der Waals surface area contributed by atoms with E-state index in [0.717, 1.165) is 19.3 Å². The molecular formula is C9H11O2. The van der Waals surface area contributed by atoms with Crippen molar-refractivity contribution < 1.29 is 9.53 Å². The first-order valence-electron chi connectivity index (χ1n) is 3.76. The summed E-state index contributed by atoms with van der Waals surface area (Å²) >= 11 is 0. The maximum absolute atomic E-state index is 11.0. The number of hydrogen-bond acceptors (Lipinski definition) is 2. The number of carbonyl (C=O) groups is 1. The van der Waals surface area contributed by atoms with Gasteiger partial charge in [0.15, 0.2) is 6.61 Å². The average Bonchev–Trinajstić information content (AvgIpc) is 1.84. The summed E-state index contributed by atoms with van der Waals surface area (Å²) in [5.74, 6) is 5.05. The van der Waals surface area contributed by atoms with Crippen molar-refractivity contribution in [3.8, 4) is 11.8 Å². The second-order valence-corrected chi connectivity index (χ2v) is 2.59. The lowest BCUT2D eigenvalue weighted by Gasteiger charge is -2.22. The van der Waals surface area contributed by atoms with Crippen LogP contribution in [-0.4, -0.2) is 12.6 Å². The molecule has 0 amide bonds. The monoisotopic (exact) mass is 151 g/mol. The van der Waals surface area contributed by atoms with Gasteiger partial charge in [0.05, 0.1) is 5.92 Å². The third-order valence-corrected chi connectivity index (χ3v) is 1.85. The third-order valence-electron chi connectivity index (χ3n) is 1.85. The SMILES string of the molecule is [CH2]C#CCOC(=O)C1CCC1. The first-order chi connectivity index (χ1) is 5.34. The maximum Gasteiger partial charge on any atom is 0.309 e. The molecule has 1 aliphatic rings. The van der Waals surface area contributed by atoms with Crippen LogP contribution in [0.25, 0.3) is 0 Å². The van der Waals surface area contributed by atoms with Crippen molar-refractivity contribution in [2.75, 3.05) is 6.61 Å². The molecule has 0 aliphatic heterocycles. The van der Waals surface area contributed by atoms with E-state index < -0.39 is 0 Å². The molecule has 11 heavy (non-hydrogen) atoms. The van der Waals surface area contributed by atoms with Gasteiger partial charge in [0.2, 0.25) is 0 Å². The van der Waals surface area contributed by atoms with Crippen LogP contribution in [0.4, 0.5) is 0 Å². The van der Waals surface area contributed by atoms with Crippen LogP contribution in [0.5, 0.6) is 0 Å². The Hall–Kier alpha value is -0.970. The standard InChI is InChI=1S/C9H11O2/c1-2-3-7-11-9(10)8-5-4-6-8/h8H,1,4-7H2. The minimum Gasteiger partial charge on any atom is -0.452 e. The van der Waals surface area contributed by atoms with E-state index in [-0.39, 0.29) is 18.5 Å². The second kappa shape index (κ2) is 4.02. The van der Waals surface area contributed by atoms with Gasteiger partial charge in [0.25, 0.3) is 0 Å². The molecule has 0 aromatic carbocycles. The molecule has 0 saturated heterocycles. The Labute approximate surface area is 66.9 Å². The summed E-state index contributed by atoms with van der Waals surface area (Å²) in [5, 5.41) is 0. The molecule has 0 bridgehead atoms. The molecule has 2 nitrogen and oxygen atoms in total. The van der Waals surface area contributed by atoms with Crippen LogP contribution in [0.3, 0.4) is 0 Å². The summed E-state index contributed by atoms with van der Waals surface area (Å²) in [7, 11) is 0. The van der Waals surface area contributed by atoms with E-state index in [0.29, 0.717) is 0 Å². The van der Waals surface area contributed by atoms with Crippen LogP contribution < -0.4 is 0 Å². The van der Waals surface area contributed by atoms with Crippen LogP contribution in [0, 0.1) is 24.7 Å². The van der Waals surface area contributed by atoms with Gasteiger partial charge in [-0.15, -0.1) is 0 Å². The Kier molecular flexibility index (Phi) is 2.97. The van der Waals surface area contributed by atoms with E-state index >= 15 is 0 Å². The number of rotatable bonds is 2. The van der Waals surface area contributed by atoms with Gasteiger partial charge in [-0.2, -0.15) is 0 Å². The van der Waals surface area contributed by atoms with Crippen LogP contribution in [0.2, 0.25) is 0 Å². The molecule has 1 fully saturated rings. The molecule has 1 radical (unpaired) electrons. The van der Waals surface area contributed by atoms with E-state index in [4.69, 9.17) is 4.74 Å². The van der Waals surface area contributed by atoms with Crippen molar-refractivity contribution in [3.63, 3.8) is 0 Å². The summed E-state index contributed by atoms with van der Waals surface area (Å²) in [6, 6.07) is 0. The topological polar surface area (TPSA) is 26.3 Å². The predicted molar refractivity (Wildman–Crippen MR) is 41.4 cm³/mol. The van der Waals surface area contributed by atoms with Crippen LogP contribution in [0.1, 0.15) is 19.3 Å². The molecule has 0 spiro atoms. The summed E-state index contributed by atoms with van der Waals surface area (Å²) in [6.45, 7) is 3.50. The molecular weight excluding hydrogens is 140 g/mol. The Morgan fingerprint density at radius 3 is 2.82 bits per heavy atom. The Bertz CT molecular complexity index is 193. The lowest BCUT2D eigenvalue weighted by molar-refractivity contribution is -0.149. The summed E-state index contributed by atoms with van der Waals surface area (Å²) in [6.07, 6.45) is 3.12. The van der Waals surface area contributed by atoms with Gasteiger partial charge in [0, 0.05) is 6.92 Å². The normalized spacial score (nSPS) is 16.1. The number of ether oxygens (including phenoxy) is 1. The molecule has 0 aromatic rings. The van der Waals surface area contributed by atoms with Gasteiger partial charge in [-0.05, 0) is 12.8 Å². The molecule has 0 heterocycles. The quantitative estimate of drug-likeness (QED) is 0.437. The van der Waals surface area contributed by atoms with E-state index in [1.165, 1.54) is 0 Å². The number of hydrogen-bond donors (Lipinski definition) is 0. The van der Waals surface area contributed by atoms with Crippen LogP contribution in [-0.2, 0) is 9.53 Å². The fourth-order valence-corrected chi connectivity index (χ4v) is 0.920. The molecule has 1 saturated carbocycles. The second-order valence-electron chi connectivity index (χ2n) is 2.59. The first-order valence-corrected chi connectivity index (χ1v) is 3.76. The maximum atomic E-state index is 11.0. The van der Waals surface area contributed by atoms with Gasteiger partial charge < -0.3 is 4.74 Å². The van der Waals surface area contributed by atoms with Gasteiger partial charge >= 0.3 is 5.97 Å². The highest BCUT2D eigenvalue weighted by atomic mass is 16.5. The number of esters is 1. The van der Waals surface area contributed by atoms with E-state index in [1.54, 1.807) is 0 Å². The van der Waals surface area contributed by atoms with Crippen LogP contribution in [0.15, 0.2) is 0 Å². The molecule has 0 unspecified atom stereocenters. The zero-order chi connectivity index (χ0) is 8.10. The van der Waals surface area contributed by atoms with Crippen molar-refractivity contribution >= 4 is 5.97 Å². The lowest BCUT2D eigenvalue weighted by Crippen LogP contribution is -2.24. The third kappa shape index (κ3) is 2.27. The van der Waals surface area contributed by atoms with Gasteiger partial charge in [-0.1, -0.05) is 18.3 Å². The molecule has 0 aromatic heterocycles. The van der Waals surface area contributed by atoms with Crippen molar-refractivity contribution in [2.24, 2.45) is 5.92 Å². The van der Waals surface area contributed by atoms with E-state index in [2.05, 4.69) is 18.8 Å². The Balaban J connectivity index is 2.13. The zero-order valence-corrected chi connectivity index (χ0v) is 6.43. The summed E-state index contributed by atoms with van der Waals surface area (Å²) in [5.41, 5.74) is 0. The predicted octanol–water partition coefficient (Wildman–Crippen LogP) is 1.17. The molecule has 0 atom stereocenters. The van der Waals surface area contributed by atoms with Crippen molar-refractivity contribution in [3.05, 3.63) is 6.92 Å². The van der Waals surface area contributed by atoms with Crippen molar-refractivity contribution in [1.29, 1.82) is 0 Å². The molecule has 1 aliphatic carbocycles. The number of carbonyl (C=O) groups excluding carboxylic acids is 1. The highest BCUT2D eigenvalue weighted by Crippen LogP contribution is 2.27. The lowest BCUT2D eigenvalue weighted by atomic mass is 9.86. The van der Waals surface area contributed by atoms with Gasteiger partial charge in [-0.3, -0.25) is 4.79 Å². The first kappa shape index (κ1) is 8.13. The van der Waals surface area contributed by atoms with Crippen LogP contribution >= 0.6 is 0 Å². The largest absolute Gasteiger partial charge is 0.452 e. The minimum atomic E-state index is -0.0981. The zero-order valence-electron chi connectivity index (χ0n) is 6.43. The molecule has 59 valence electrons. The van der Waals surface area contributed by atoms with E-state index in [1.807, 2.05) is 0 Å². The summed E-state index contributed by atoms with van der Waals surface area (Å²) in [4.78, 5) is 11.0. The van der Waals surface area contributed by atoms with E-state index in [9.17, 15) is 4.79 Å².